The van der Waals surface area contributed by atoms with Crippen molar-refractivity contribution in [1.29, 1.82) is 5.26 Å². The molecule has 1 aromatic carbocycles. The molecular weight excluding hydrogens is 394 g/mol. The number of benzene rings is 1. The fourth-order valence-corrected chi connectivity index (χ4v) is 4.34. The molecule has 1 aliphatic rings. The van der Waals surface area contributed by atoms with Crippen LogP contribution in [0.3, 0.4) is 0 Å². The second-order valence-corrected chi connectivity index (χ2v) is 7.58. The topological polar surface area (TPSA) is 132 Å². The monoisotopic (exact) mass is 413 g/mol. The normalized spacial score (nSPS) is 13.1. The van der Waals surface area contributed by atoms with Crippen LogP contribution in [0.1, 0.15) is 39.7 Å². The zero-order valence-electron chi connectivity index (χ0n) is 15.7. The van der Waals surface area contributed by atoms with E-state index < -0.39 is 30.5 Å². The van der Waals surface area contributed by atoms with Crippen LogP contribution in [0.25, 0.3) is 0 Å². The highest BCUT2D eigenvalue weighted by Gasteiger charge is 2.26. The molecule has 0 saturated carbocycles. The standard InChI is InChI=1S/C20H19N3O5S/c1-11(28-13-7-5-12(9-21)6-8-13)20(26)27-10-16(24)23-19-17(18(22)25)14-3-2-4-15(14)29-19/h5-8,11H,2-4,10H2,1H3,(H2,22,25)(H,23,24). The number of carbonyl (C=O) groups is 3. The summed E-state index contributed by atoms with van der Waals surface area (Å²) in [4.78, 5) is 37.0. The number of ether oxygens (including phenoxy) is 2. The fraction of sp³-hybridized carbons (Fsp3) is 0.300. The van der Waals surface area contributed by atoms with Gasteiger partial charge < -0.3 is 20.5 Å². The molecule has 3 rings (SSSR count). The molecule has 0 fully saturated rings. The average molecular weight is 413 g/mol. The molecule has 9 heteroatoms. The lowest BCUT2D eigenvalue weighted by atomic mass is 10.1. The molecule has 1 atom stereocenters. The van der Waals surface area contributed by atoms with E-state index in [2.05, 4.69) is 5.32 Å². The molecule has 3 N–H and O–H groups in total. The number of nitrogens with two attached hydrogens (primary N) is 1. The van der Waals surface area contributed by atoms with Crippen molar-refractivity contribution in [1.82, 2.24) is 0 Å². The van der Waals surface area contributed by atoms with Crippen LogP contribution in [0.5, 0.6) is 5.75 Å². The number of esters is 1. The molecule has 29 heavy (non-hydrogen) atoms. The number of fused-ring (bicyclic) bond motifs is 1. The molecule has 0 aliphatic heterocycles. The minimum absolute atomic E-state index is 0.347. The predicted octanol–water partition coefficient (Wildman–Crippen LogP) is 2.16. The van der Waals surface area contributed by atoms with Gasteiger partial charge in [-0.05, 0) is 56.0 Å². The molecule has 1 aromatic heterocycles. The van der Waals surface area contributed by atoms with E-state index >= 15 is 0 Å². The first kappa shape index (κ1) is 20.4. The Morgan fingerprint density at radius 2 is 2.00 bits per heavy atom. The van der Waals surface area contributed by atoms with Crippen molar-refractivity contribution in [2.75, 3.05) is 11.9 Å². The summed E-state index contributed by atoms with van der Waals surface area (Å²) in [6.45, 7) is 0.980. The van der Waals surface area contributed by atoms with Gasteiger partial charge in [-0.3, -0.25) is 9.59 Å². The lowest BCUT2D eigenvalue weighted by Crippen LogP contribution is -2.30. The Labute approximate surface area is 171 Å². The van der Waals surface area contributed by atoms with Crippen molar-refractivity contribution in [3.63, 3.8) is 0 Å². The first-order valence-corrected chi connectivity index (χ1v) is 9.78. The highest BCUT2D eigenvalue weighted by molar-refractivity contribution is 7.17. The van der Waals surface area contributed by atoms with Gasteiger partial charge in [0.1, 0.15) is 10.8 Å². The number of amides is 2. The van der Waals surface area contributed by atoms with Crippen molar-refractivity contribution in [3.05, 3.63) is 45.8 Å². The molecule has 8 nitrogen and oxygen atoms in total. The van der Waals surface area contributed by atoms with Gasteiger partial charge in [-0.25, -0.2) is 4.79 Å². The van der Waals surface area contributed by atoms with Gasteiger partial charge in [0, 0.05) is 4.88 Å². The van der Waals surface area contributed by atoms with E-state index in [0.29, 0.717) is 21.9 Å². The quantitative estimate of drug-likeness (QED) is 0.669. The third-order valence-electron chi connectivity index (χ3n) is 4.39. The second kappa shape index (κ2) is 8.75. The summed E-state index contributed by atoms with van der Waals surface area (Å²) in [5, 5.41) is 11.8. The van der Waals surface area contributed by atoms with Crippen LogP contribution in [0, 0.1) is 11.3 Å². The minimum atomic E-state index is -0.942. The number of nitriles is 1. The van der Waals surface area contributed by atoms with Gasteiger partial charge in [-0.1, -0.05) is 0 Å². The Morgan fingerprint density at radius 3 is 2.66 bits per heavy atom. The van der Waals surface area contributed by atoms with Crippen LogP contribution in [0.2, 0.25) is 0 Å². The first-order valence-electron chi connectivity index (χ1n) is 8.96. The maximum absolute atomic E-state index is 12.2. The van der Waals surface area contributed by atoms with Crippen molar-refractivity contribution in [2.24, 2.45) is 5.73 Å². The summed E-state index contributed by atoms with van der Waals surface area (Å²) in [7, 11) is 0. The Balaban J connectivity index is 1.53. The predicted molar refractivity (Wildman–Crippen MR) is 106 cm³/mol. The Kier molecular flexibility index (Phi) is 6.14. The fourth-order valence-electron chi connectivity index (χ4n) is 3.03. The zero-order valence-corrected chi connectivity index (χ0v) is 16.5. The van der Waals surface area contributed by atoms with E-state index in [0.717, 1.165) is 29.7 Å². The van der Waals surface area contributed by atoms with E-state index in [1.807, 2.05) is 6.07 Å². The lowest BCUT2D eigenvalue weighted by molar-refractivity contribution is -0.153. The summed E-state index contributed by atoms with van der Waals surface area (Å²) < 4.78 is 10.4. The van der Waals surface area contributed by atoms with Gasteiger partial charge in [0.2, 0.25) is 0 Å². The number of carbonyl (C=O) groups excluding carboxylic acids is 3. The van der Waals surface area contributed by atoms with E-state index in [9.17, 15) is 14.4 Å². The molecule has 0 saturated heterocycles. The third kappa shape index (κ3) is 4.73. The van der Waals surface area contributed by atoms with E-state index in [1.54, 1.807) is 24.3 Å². The van der Waals surface area contributed by atoms with Gasteiger partial charge in [0.25, 0.3) is 11.8 Å². The van der Waals surface area contributed by atoms with Crippen LogP contribution >= 0.6 is 11.3 Å². The van der Waals surface area contributed by atoms with E-state index in [-0.39, 0.29) is 0 Å². The molecular formula is C20H19N3O5S. The summed E-state index contributed by atoms with van der Waals surface area (Å²) in [5.74, 6) is -1.46. The van der Waals surface area contributed by atoms with Gasteiger partial charge in [0.15, 0.2) is 12.7 Å². The molecule has 1 aliphatic carbocycles. The number of nitrogens with zero attached hydrogens (tertiary/aromatic N) is 1. The van der Waals surface area contributed by atoms with Crippen molar-refractivity contribution < 1.29 is 23.9 Å². The number of nitrogens with one attached hydrogen (secondary N) is 1. The number of hydrogen-bond donors (Lipinski definition) is 2. The number of rotatable bonds is 7. The molecule has 2 aromatic rings. The van der Waals surface area contributed by atoms with Gasteiger partial charge in [-0.15, -0.1) is 11.3 Å². The van der Waals surface area contributed by atoms with Gasteiger partial charge in [-0.2, -0.15) is 5.26 Å². The SMILES string of the molecule is CC(Oc1ccc(C#N)cc1)C(=O)OCC(=O)Nc1sc2c(c1C(N)=O)CCC2. The lowest BCUT2D eigenvalue weighted by Gasteiger charge is -2.14. The van der Waals surface area contributed by atoms with Crippen LogP contribution in [-0.2, 0) is 27.2 Å². The van der Waals surface area contributed by atoms with Crippen LogP contribution < -0.4 is 15.8 Å². The second-order valence-electron chi connectivity index (χ2n) is 6.48. The number of primary amides is 1. The summed E-state index contributed by atoms with van der Waals surface area (Å²) in [6.07, 6.45) is 1.64. The van der Waals surface area contributed by atoms with Gasteiger partial charge >= 0.3 is 5.97 Å². The Bertz CT molecular complexity index is 991. The maximum atomic E-state index is 12.2. The number of thiophene rings is 1. The van der Waals surface area contributed by atoms with Crippen LogP contribution in [0.15, 0.2) is 24.3 Å². The largest absolute Gasteiger partial charge is 0.479 e. The smallest absolute Gasteiger partial charge is 0.347 e. The first-order chi connectivity index (χ1) is 13.9. The average Bonchev–Trinajstić information content (AvgIpc) is 3.27. The molecule has 0 bridgehead atoms. The number of hydrogen-bond acceptors (Lipinski definition) is 7. The number of anilines is 1. The highest BCUT2D eigenvalue weighted by Crippen LogP contribution is 2.38. The summed E-state index contributed by atoms with van der Waals surface area (Å²) in [5.41, 5.74) is 7.18. The zero-order chi connectivity index (χ0) is 21.0. The molecule has 1 unspecified atom stereocenters. The Morgan fingerprint density at radius 1 is 1.28 bits per heavy atom. The van der Waals surface area contributed by atoms with E-state index in [1.165, 1.54) is 18.3 Å². The summed E-state index contributed by atoms with van der Waals surface area (Å²) in [6, 6.07) is 8.25. The van der Waals surface area contributed by atoms with Crippen LogP contribution in [-0.4, -0.2) is 30.5 Å². The Hall–Kier alpha value is -3.38. The van der Waals surface area contributed by atoms with E-state index in [4.69, 9.17) is 20.5 Å². The maximum Gasteiger partial charge on any atom is 0.347 e. The molecule has 0 spiro atoms. The van der Waals surface area contributed by atoms with Crippen molar-refractivity contribution >= 4 is 34.1 Å². The molecule has 2 amide bonds. The van der Waals surface area contributed by atoms with Gasteiger partial charge in [0.05, 0.1) is 17.2 Å². The summed E-state index contributed by atoms with van der Waals surface area (Å²) >= 11 is 1.33. The molecule has 150 valence electrons. The molecule has 1 heterocycles. The van der Waals surface area contributed by atoms with Crippen molar-refractivity contribution in [3.8, 4) is 11.8 Å². The molecule has 0 radical (unpaired) electrons. The number of aryl methyl sites for hydroxylation is 1. The van der Waals surface area contributed by atoms with Crippen molar-refractivity contribution in [2.45, 2.75) is 32.3 Å². The highest BCUT2D eigenvalue weighted by atomic mass is 32.1. The van der Waals surface area contributed by atoms with Crippen LogP contribution in [0.4, 0.5) is 5.00 Å². The minimum Gasteiger partial charge on any atom is -0.479 e. The third-order valence-corrected chi connectivity index (χ3v) is 5.60.